The van der Waals surface area contributed by atoms with E-state index < -0.39 is 5.82 Å². The minimum atomic E-state index is -0.439. The molecule has 0 atom stereocenters. The summed E-state index contributed by atoms with van der Waals surface area (Å²) in [7, 11) is 0. The average molecular weight is 430 g/mol. The van der Waals surface area contributed by atoms with Gasteiger partial charge in [-0.3, -0.25) is 4.90 Å². The number of aromatic nitrogens is 1. The van der Waals surface area contributed by atoms with E-state index in [0.29, 0.717) is 38.6 Å². The highest BCUT2D eigenvalue weighted by Gasteiger charge is 2.23. The van der Waals surface area contributed by atoms with Crippen LogP contribution < -0.4 is 5.32 Å². The molecule has 5 rings (SSSR count). The Bertz CT molecular complexity index is 1230. The van der Waals surface area contributed by atoms with Crippen LogP contribution in [-0.2, 0) is 6.54 Å². The number of halogens is 1. The monoisotopic (exact) mass is 430 g/mol. The van der Waals surface area contributed by atoms with Gasteiger partial charge >= 0.3 is 6.03 Å². The van der Waals surface area contributed by atoms with Gasteiger partial charge in [0, 0.05) is 26.2 Å². The second-order valence-electron chi connectivity index (χ2n) is 7.83. The van der Waals surface area contributed by atoms with Crippen LogP contribution in [0, 0.1) is 5.82 Å². The normalized spacial score (nSPS) is 14.6. The molecule has 4 aromatic rings. The molecule has 0 saturated carbocycles. The Hall–Kier alpha value is -3.71. The van der Waals surface area contributed by atoms with E-state index in [9.17, 15) is 9.18 Å². The zero-order valence-electron chi connectivity index (χ0n) is 17.5. The SMILES string of the molecule is O=C(Nc1ccccc1F)N1CCN(Cc2nc3cc(-c4ccccc4)ccc3o2)CC1. The van der Waals surface area contributed by atoms with Gasteiger partial charge in [0.15, 0.2) is 5.58 Å². The van der Waals surface area contributed by atoms with E-state index in [-0.39, 0.29) is 11.7 Å². The number of nitrogens with zero attached hydrogens (tertiary/aromatic N) is 3. The van der Waals surface area contributed by atoms with Gasteiger partial charge in [-0.2, -0.15) is 0 Å². The quantitative estimate of drug-likeness (QED) is 0.496. The van der Waals surface area contributed by atoms with Crippen LogP contribution in [0.1, 0.15) is 5.89 Å². The predicted molar refractivity (Wildman–Crippen MR) is 122 cm³/mol. The van der Waals surface area contributed by atoms with Gasteiger partial charge in [-0.1, -0.05) is 48.5 Å². The summed E-state index contributed by atoms with van der Waals surface area (Å²) in [6.45, 7) is 3.08. The van der Waals surface area contributed by atoms with Crippen LogP contribution in [-0.4, -0.2) is 47.0 Å². The van der Waals surface area contributed by atoms with Gasteiger partial charge in [0.05, 0.1) is 12.2 Å². The van der Waals surface area contributed by atoms with Crippen molar-refractivity contribution < 1.29 is 13.6 Å². The van der Waals surface area contributed by atoms with E-state index in [4.69, 9.17) is 4.42 Å². The lowest BCUT2D eigenvalue weighted by molar-refractivity contribution is 0.136. The number of nitrogens with one attached hydrogen (secondary N) is 1. The van der Waals surface area contributed by atoms with Gasteiger partial charge in [-0.15, -0.1) is 0 Å². The van der Waals surface area contributed by atoms with E-state index in [1.165, 1.54) is 6.07 Å². The molecular weight excluding hydrogens is 407 g/mol. The van der Waals surface area contributed by atoms with Gasteiger partial charge in [-0.25, -0.2) is 14.2 Å². The summed E-state index contributed by atoms with van der Waals surface area (Å²) >= 11 is 0. The third kappa shape index (κ3) is 4.33. The second kappa shape index (κ2) is 8.80. The minimum absolute atomic E-state index is 0.196. The van der Waals surface area contributed by atoms with E-state index in [1.54, 1.807) is 23.1 Å². The first-order valence-corrected chi connectivity index (χ1v) is 10.6. The molecule has 0 unspecified atom stereocenters. The fraction of sp³-hybridized carbons (Fsp3) is 0.200. The molecule has 0 radical (unpaired) electrons. The van der Waals surface area contributed by atoms with Gasteiger partial charge in [0.1, 0.15) is 11.3 Å². The minimum Gasteiger partial charge on any atom is -0.439 e. The fourth-order valence-electron chi connectivity index (χ4n) is 3.91. The smallest absolute Gasteiger partial charge is 0.322 e. The highest BCUT2D eigenvalue weighted by Crippen LogP contribution is 2.25. The molecule has 1 aliphatic heterocycles. The highest BCUT2D eigenvalue weighted by atomic mass is 19.1. The van der Waals surface area contributed by atoms with Crippen molar-refractivity contribution in [2.24, 2.45) is 0 Å². The molecule has 32 heavy (non-hydrogen) atoms. The topological polar surface area (TPSA) is 61.6 Å². The molecule has 1 saturated heterocycles. The first kappa shape index (κ1) is 20.2. The Morgan fingerprint density at radius 3 is 2.47 bits per heavy atom. The number of rotatable bonds is 4. The maximum atomic E-state index is 13.8. The maximum Gasteiger partial charge on any atom is 0.322 e. The zero-order chi connectivity index (χ0) is 21.9. The summed E-state index contributed by atoms with van der Waals surface area (Å²) in [4.78, 5) is 21.0. The number of hydrogen-bond acceptors (Lipinski definition) is 4. The van der Waals surface area contributed by atoms with Crippen molar-refractivity contribution in [3.8, 4) is 11.1 Å². The molecule has 2 heterocycles. The summed E-state index contributed by atoms with van der Waals surface area (Å²) in [6.07, 6.45) is 0. The number of amides is 2. The number of carbonyl (C=O) groups excluding carboxylic acids is 1. The summed E-state index contributed by atoms with van der Waals surface area (Å²) in [5.41, 5.74) is 4.05. The molecule has 7 heteroatoms. The lowest BCUT2D eigenvalue weighted by Crippen LogP contribution is -2.49. The molecule has 0 aliphatic carbocycles. The Morgan fingerprint density at radius 2 is 1.69 bits per heavy atom. The predicted octanol–water partition coefficient (Wildman–Crippen LogP) is 4.98. The number of carbonyl (C=O) groups is 1. The molecule has 2 amide bonds. The number of fused-ring (bicyclic) bond motifs is 1. The Morgan fingerprint density at radius 1 is 0.938 bits per heavy atom. The van der Waals surface area contributed by atoms with E-state index in [0.717, 1.165) is 22.2 Å². The molecule has 6 nitrogen and oxygen atoms in total. The van der Waals surface area contributed by atoms with Crippen LogP contribution in [0.15, 0.2) is 77.2 Å². The molecule has 1 fully saturated rings. The lowest BCUT2D eigenvalue weighted by atomic mass is 10.1. The van der Waals surface area contributed by atoms with Crippen LogP contribution in [0.5, 0.6) is 0 Å². The van der Waals surface area contributed by atoms with Crippen molar-refractivity contribution in [2.75, 3.05) is 31.5 Å². The van der Waals surface area contributed by atoms with E-state index in [1.807, 2.05) is 36.4 Å². The average Bonchev–Trinajstić information content (AvgIpc) is 3.23. The molecule has 162 valence electrons. The second-order valence-corrected chi connectivity index (χ2v) is 7.83. The zero-order valence-corrected chi connectivity index (χ0v) is 17.5. The number of piperazine rings is 1. The molecule has 1 aromatic heterocycles. The third-order valence-electron chi connectivity index (χ3n) is 5.67. The summed E-state index contributed by atoms with van der Waals surface area (Å²) in [5, 5.41) is 2.64. The van der Waals surface area contributed by atoms with Crippen LogP contribution in [0.2, 0.25) is 0 Å². The van der Waals surface area contributed by atoms with Gasteiger partial charge in [0.2, 0.25) is 5.89 Å². The van der Waals surface area contributed by atoms with E-state index in [2.05, 4.69) is 27.3 Å². The van der Waals surface area contributed by atoms with Crippen LogP contribution in [0.3, 0.4) is 0 Å². The number of oxazole rings is 1. The van der Waals surface area contributed by atoms with Crippen molar-refractivity contribution in [1.82, 2.24) is 14.8 Å². The van der Waals surface area contributed by atoms with Gasteiger partial charge < -0.3 is 14.6 Å². The number of urea groups is 1. The molecule has 3 aromatic carbocycles. The van der Waals surface area contributed by atoms with Crippen molar-refractivity contribution in [2.45, 2.75) is 6.54 Å². The number of para-hydroxylation sites is 1. The van der Waals surface area contributed by atoms with Crippen molar-refractivity contribution in [3.63, 3.8) is 0 Å². The Balaban J connectivity index is 1.19. The first-order chi connectivity index (χ1) is 15.7. The lowest BCUT2D eigenvalue weighted by Gasteiger charge is -2.34. The van der Waals surface area contributed by atoms with Crippen molar-refractivity contribution in [1.29, 1.82) is 0 Å². The summed E-state index contributed by atoms with van der Waals surface area (Å²) in [6, 6.07) is 22.1. The Kier molecular flexibility index (Phi) is 5.56. The van der Waals surface area contributed by atoms with Gasteiger partial charge in [0.25, 0.3) is 0 Å². The number of hydrogen-bond donors (Lipinski definition) is 1. The molecule has 0 bridgehead atoms. The van der Waals surface area contributed by atoms with Crippen LogP contribution in [0.4, 0.5) is 14.9 Å². The summed E-state index contributed by atoms with van der Waals surface area (Å²) < 4.78 is 19.7. The molecule has 0 spiro atoms. The third-order valence-corrected chi connectivity index (χ3v) is 5.67. The maximum absolute atomic E-state index is 13.8. The molecule has 1 aliphatic rings. The van der Waals surface area contributed by atoms with E-state index >= 15 is 0 Å². The van der Waals surface area contributed by atoms with Crippen molar-refractivity contribution >= 4 is 22.8 Å². The summed E-state index contributed by atoms with van der Waals surface area (Å²) in [5.74, 6) is 0.223. The fourth-order valence-corrected chi connectivity index (χ4v) is 3.91. The Labute approximate surface area is 185 Å². The highest BCUT2D eigenvalue weighted by molar-refractivity contribution is 5.89. The molecule has 1 N–H and O–H groups in total. The van der Waals surface area contributed by atoms with Gasteiger partial charge in [-0.05, 0) is 35.4 Å². The largest absolute Gasteiger partial charge is 0.439 e. The number of anilines is 1. The van der Waals surface area contributed by atoms with Crippen molar-refractivity contribution in [3.05, 3.63) is 84.5 Å². The molecular formula is C25H23FN4O2. The van der Waals surface area contributed by atoms with Crippen LogP contribution in [0.25, 0.3) is 22.2 Å². The number of benzene rings is 3. The first-order valence-electron chi connectivity index (χ1n) is 10.6. The van der Waals surface area contributed by atoms with Crippen LogP contribution >= 0.6 is 0 Å². The standard InChI is InChI=1S/C25H23FN4O2/c26-20-8-4-5-9-21(20)28-25(31)30-14-12-29(13-15-30)17-24-27-22-16-19(10-11-23(22)32-24)18-6-2-1-3-7-18/h1-11,16H,12-15,17H2,(H,28,31).